The summed E-state index contributed by atoms with van der Waals surface area (Å²) in [6.07, 6.45) is 6.52. The van der Waals surface area contributed by atoms with E-state index in [2.05, 4.69) is 29.4 Å². The summed E-state index contributed by atoms with van der Waals surface area (Å²) in [6.45, 7) is 4.15. The van der Waals surface area contributed by atoms with E-state index in [4.69, 9.17) is 13.9 Å². The third-order valence-corrected chi connectivity index (χ3v) is 6.20. The van der Waals surface area contributed by atoms with Crippen molar-refractivity contribution in [1.29, 1.82) is 0 Å². The van der Waals surface area contributed by atoms with Gasteiger partial charge in [0.05, 0.1) is 18.4 Å². The van der Waals surface area contributed by atoms with Crippen LogP contribution in [0.1, 0.15) is 45.5 Å². The Morgan fingerprint density at radius 2 is 1.97 bits per heavy atom. The zero-order valence-corrected chi connectivity index (χ0v) is 17.6. The fourth-order valence-corrected chi connectivity index (χ4v) is 4.40. The van der Waals surface area contributed by atoms with E-state index >= 15 is 0 Å². The number of amides is 1. The summed E-state index contributed by atoms with van der Waals surface area (Å²) in [7, 11) is 0. The first-order valence-electron chi connectivity index (χ1n) is 10.8. The third kappa shape index (κ3) is 4.08. The first-order chi connectivity index (χ1) is 15.2. The number of carbonyl (C=O) groups is 1. The Hall–Kier alpha value is -3.12. The predicted molar refractivity (Wildman–Crippen MR) is 116 cm³/mol. The lowest BCUT2D eigenvalue weighted by Crippen LogP contribution is -2.39. The highest BCUT2D eigenvalue weighted by Crippen LogP contribution is 2.35. The normalized spacial score (nSPS) is 16.0. The molecule has 0 unspecified atom stereocenters. The molecule has 0 aliphatic carbocycles. The molecule has 0 radical (unpaired) electrons. The SMILES string of the molecule is Cc1c(Cc2ccc(-c3ncco3)cc2)cc(C(=O)NC2CCOCC2)c2c1CCO2. The van der Waals surface area contributed by atoms with Gasteiger partial charge in [-0.1, -0.05) is 12.1 Å². The van der Waals surface area contributed by atoms with E-state index in [0.29, 0.717) is 31.3 Å². The van der Waals surface area contributed by atoms with Crippen LogP contribution in [0.2, 0.25) is 0 Å². The molecule has 1 N–H and O–H groups in total. The van der Waals surface area contributed by atoms with Gasteiger partial charge in [-0.25, -0.2) is 4.98 Å². The highest BCUT2D eigenvalue weighted by atomic mass is 16.5. The number of fused-ring (bicyclic) bond motifs is 1. The second-order valence-corrected chi connectivity index (χ2v) is 8.19. The molecule has 1 saturated heterocycles. The van der Waals surface area contributed by atoms with Gasteiger partial charge in [-0.3, -0.25) is 4.79 Å². The average Bonchev–Trinajstić information content (AvgIpc) is 3.49. The monoisotopic (exact) mass is 418 g/mol. The average molecular weight is 418 g/mol. The third-order valence-electron chi connectivity index (χ3n) is 6.20. The molecular weight excluding hydrogens is 392 g/mol. The largest absolute Gasteiger partial charge is 0.492 e. The second kappa shape index (κ2) is 8.55. The predicted octanol–water partition coefficient (Wildman–Crippen LogP) is 4.08. The number of hydrogen-bond acceptors (Lipinski definition) is 5. The molecule has 160 valence electrons. The van der Waals surface area contributed by atoms with Gasteiger partial charge >= 0.3 is 0 Å². The summed E-state index contributed by atoms with van der Waals surface area (Å²) in [5, 5.41) is 3.18. The molecule has 2 aliphatic rings. The smallest absolute Gasteiger partial charge is 0.255 e. The molecule has 0 saturated carbocycles. The van der Waals surface area contributed by atoms with Gasteiger partial charge in [0.2, 0.25) is 5.89 Å². The summed E-state index contributed by atoms with van der Waals surface area (Å²) in [4.78, 5) is 17.3. The summed E-state index contributed by atoms with van der Waals surface area (Å²) in [5.74, 6) is 1.32. The minimum atomic E-state index is -0.0504. The number of nitrogens with one attached hydrogen (secondary N) is 1. The Kier molecular flexibility index (Phi) is 5.47. The van der Waals surface area contributed by atoms with Gasteiger partial charge in [0.1, 0.15) is 12.0 Å². The van der Waals surface area contributed by atoms with Gasteiger partial charge in [0, 0.05) is 36.8 Å². The van der Waals surface area contributed by atoms with Crippen LogP contribution in [-0.2, 0) is 17.6 Å². The van der Waals surface area contributed by atoms with E-state index in [9.17, 15) is 4.79 Å². The molecule has 3 aromatic rings. The zero-order valence-electron chi connectivity index (χ0n) is 17.6. The number of hydrogen-bond donors (Lipinski definition) is 1. The van der Waals surface area contributed by atoms with E-state index in [1.807, 2.05) is 18.2 Å². The van der Waals surface area contributed by atoms with E-state index < -0.39 is 0 Å². The highest BCUT2D eigenvalue weighted by molar-refractivity contribution is 5.98. The van der Waals surface area contributed by atoms with Gasteiger partial charge in [0.25, 0.3) is 5.91 Å². The Labute approximate surface area is 181 Å². The van der Waals surface area contributed by atoms with Crippen molar-refractivity contribution < 1.29 is 18.7 Å². The summed E-state index contributed by atoms with van der Waals surface area (Å²) in [6, 6.07) is 10.4. The van der Waals surface area contributed by atoms with Crippen LogP contribution in [0.3, 0.4) is 0 Å². The van der Waals surface area contributed by atoms with E-state index in [1.54, 1.807) is 12.5 Å². The second-order valence-electron chi connectivity index (χ2n) is 8.19. The molecule has 1 amide bonds. The maximum absolute atomic E-state index is 13.1. The fourth-order valence-electron chi connectivity index (χ4n) is 4.40. The van der Waals surface area contributed by atoms with Crippen molar-refractivity contribution in [3.63, 3.8) is 0 Å². The van der Waals surface area contributed by atoms with Crippen LogP contribution in [0.4, 0.5) is 0 Å². The van der Waals surface area contributed by atoms with Crippen LogP contribution >= 0.6 is 0 Å². The van der Waals surface area contributed by atoms with Crippen molar-refractivity contribution in [1.82, 2.24) is 10.3 Å². The number of oxazole rings is 1. The summed E-state index contributed by atoms with van der Waals surface area (Å²) >= 11 is 0. The zero-order chi connectivity index (χ0) is 21.2. The van der Waals surface area contributed by atoms with E-state index in [-0.39, 0.29) is 11.9 Å². The number of aromatic nitrogens is 1. The molecule has 3 heterocycles. The van der Waals surface area contributed by atoms with Crippen molar-refractivity contribution in [2.75, 3.05) is 19.8 Å². The topological polar surface area (TPSA) is 73.6 Å². The van der Waals surface area contributed by atoms with Crippen molar-refractivity contribution in [2.24, 2.45) is 0 Å². The van der Waals surface area contributed by atoms with Crippen molar-refractivity contribution in [2.45, 2.75) is 38.6 Å². The van der Waals surface area contributed by atoms with Crippen LogP contribution in [0, 0.1) is 6.92 Å². The number of carbonyl (C=O) groups excluding carboxylic acids is 1. The lowest BCUT2D eigenvalue weighted by Gasteiger charge is -2.24. The van der Waals surface area contributed by atoms with Gasteiger partial charge in [-0.15, -0.1) is 0 Å². The summed E-state index contributed by atoms with van der Waals surface area (Å²) in [5.41, 5.74) is 6.30. The molecule has 31 heavy (non-hydrogen) atoms. The Bertz CT molecular complexity index is 1070. The Morgan fingerprint density at radius 3 is 2.71 bits per heavy atom. The maximum Gasteiger partial charge on any atom is 0.255 e. The molecule has 1 aromatic heterocycles. The molecule has 0 spiro atoms. The van der Waals surface area contributed by atoms with Gasteiger partial charge in [-0.05, 0) is 61.1 Å². The lowest BCUT2D eigenvalue weighted by molar-refractivity contribution is 0.0695. The minimum absolute atomic E-state index is 0.0504. The summed E-state index contributed by atoms with van der Waals surface area (Å²) < 4.78 is 16.7. The van der Waals surface area contributed by atoms with E-state index in [1.165, 1.54) is 11.1 Å². The van der Waals surface area contributed by atoms with Gasteiger partial charge < -0.3 is 19.2 Å². The molecule has 6 nitrogen and oxygen atoms in total. The molecule has 2 aromatic carbocycles. The number of benzene rings is 2. The van der Waals surface area contributed by atoms with Gasteiger partial charge in [0.15, 0.2) is 0 Å². The first kappa shape index (κ1) is 19.8. The number of rotatable bonds is 5. The van der Waals surface area contributed by atoms with Crippen molar-refractivity contribution in [3.8, 4) is 17.2 Å². The van der Waals surface area contributed by atoms with Crippen LogP contribution in [0.5, 0.6) is 5.75 Å². The fraction of sp³-hybridized carbons (Fsp3) is 0.360. The Morgan fingerprint density at radius 1 is 1.16 bits per heavy atom. The Balaban J connectivity index is 1.41. The highest BCUT2D eigenvalue weighted by Gasteiger charge is 2.26. The molecule has 1 fully saturated rings. The standard InChI is InChI=1S/C25H26N2O4/c1-16-19(14-17-2-4-18(5-3-17)25-26-9-13-31-25)15-22(23-21(16)8-12-30-23)24(28)27-20-6-10-29-11-7-20/h2-5,9,13,15,20H,6-8,10-12,14H2,1H3,(H,27,28). The van der Waals surface area contributed by atoms with Crippen LogP contribution < -0.4 is 10.1 Å². The molecule has 0 atom stereocenters. The molecule has 6 heteroatoms. The lowest BCUT2D eigenvalue weighted by atomic mass is 9.92. The molecule has 2 aliphatic heterocycles. The van der Waals surface area contributed by atoms with Gasteiger partial charge in [-0.2, -0.15) is 0 Å². The number of ether oxygens (including phenoxy) is 2. The van der Waals surface area contributed by atoms with E-state index in [0.717, 1.165) is 48.1 Å². The number of nitrogens with zero attached hydrogens (tertiary/aromatic N) is 1. The quantitative estimate of drug-likeness (QED) is 0.676. The van der Waals surface area contributed by atoms with Crippen LogP contribution in [-0.4, -0.2) is 36.8 Å². The van der Waals surface area contributed by atoms with Crippen LogP contribution in [0.25, 0.3) is 11.5 Å². The first-order valence-corrected chi connectivity index (χ1v) is 10.8. The molecule has 5 rings (SSSR count). The maximum atomic E-state index is 13.1. The molecular formula is C25H26N2O4. The minimum Gasteiger partial charge on any atom is -0.492 e. The van der Waals surface area contributed by atoms with Crippen molar-refractivity contribution in [3.05, 3.63) is 70.6 Å². The van der Waals surface area contributed by atoms with Crippen LogP contribution in [0.15, 0.2) is 47.2 Å². The molecule has 0 bridgehead atoms. The van der Waals surface area contributed by atoms with Crippen molar-refractivity contribution >= 4 is 5.91 Å².